The monoisotopic (exact) mass is 222 g/mol. The third kappa shape index (κ3) is 2.65. The van der Waals surface area contributed by atoms with Crippen molar-refractivity contribution in [1.82, 2.24) is 0 Å². The summed E-state index contributed by atoms with van der Waals surface area (Å²) in [7, 11) is 0. The maximum Gasteiger partial charge on any atom is 0.380 e. The molecule has 0 aromatic heterocycles. The summed E-state index contributed by atoms with van der Waals surface area (Å²) in [6, 6.07) is 0. The molecule has 0 aromatic rings. The van der Waals surface area contributed by atoms with Crippen molar-refractivity contribution in [3.63, 3.8) is 0 Å². The number of halogens is 2. The summed E-state index contributed by atoms with van der Waals surface area (Å²) < 4.78 is 31.1. The summed E-state index contributed by atoms with van der Waals surface area (Å²) in [5.41, 5.74) is -2.31. The molecule has 3 nitrogen and oxygen atoms in total. The Morgan fingerprint density at radius 3 is 2.47 bits per heavy atom. The second-order valence-electron chi connectivity index (χ2n) is 4.22. The van der Waals surface area contributed by atoms with Gasteiger partial charge in [0.1, 0.15) is 5.60 Å². The number of carbonyl (C=O) groups excluding carboxylic acids is 1. The fourth-order valence-corrected chi connectivity index (χ4v) is 1.45. The Balaban J connectivity index is 2.67. The average Bonchev–Trinajstić information content (AvgIpc) is 2.87. The van der Waals surface area contributed by atoms with Gasteiger partial charge < -0.3 is 9.84 Å². The topological polar surface area (TPSA) is 46.5 Å². The van der Waals surface area contributed by atoms with Gasteiger partial charge in [-0.1, -0.05) is 12.8 Å². The number of hydrogen-bond acceptors (Lipinski definition) is 3. The molecular weight excluding hydrogens is 206 g/mol. The molecule has 1 aliphatic rings. The highest BCUT2D eigenvalue weighted by Crippen LogP contribution is 2.42. The van der Waals surface area contributed by atoms with Crippen LogP contribution in [0.3, 0.4) is 0 Å². The molecule has 0 aliphatic heterocycles. The average molecular weight is 222 g/mol. The molecule has 1 aliphatic carbocycles. The minimum atomic E-state index is -3.83. The van der Waals surface area contributed by atoms with Crippen LogP contribution < -0.4 is 0 Å². The van der Waals surface area contributed by atoms with Crippen LogP contribution in [0.15, 0.2) is 0 Å². The lowest BCUT2D eigenvalue weighted by atomic mass is 9.91. The second kappa shape index (κ2) is 4.04. The molecule has 0 radical (unpaired) electrons. The molecule has 1 rings (SSSR count). The van der Waals surface area contributed by atoms with Gasteiger partial charge in [0.15, 0.2) is 0 Å². The van der Waals surface area contributed by atoms with Gasteiger partial charge in [0, 0.05) is 0 Å². The highest BCUT2D eigenvalue weighted by molar-refractivity contribution is 5.79. The van der Waals surface area contributed by atoms with Gasteiger partial charge in [-0.05, 0) is 26.2 Å². The van der Waals surface area contributed by atoms with Gasteiger partial charge in [-0.15, -0.1) is 0 Å². The largest absolute Gasteiger partial charge is 0.461 e. The quantitative estimate of drug-likeness (QED) is 0.721. The summed E-state index contributed by atoms with van der Waals surface area (Å²) in [6.45, 7) is 2.32. The summed E-state index contributed by atoms with van der Waals surface area (Å²) in [5.74, 6) is -5.36. The van der Waals surface area contributed by atoms with Crippen molar-refractivity contribution < 1.29 is 23.4 Å². The molecule has 88 valence electrons. The van der Waals surface area contributed by atoms with Crippen LogP contribution in [0.5, 0.6) is 0 Å². The molecule has 0 saturated heterocycles. The van der Waals surface area contributed by atoms with Crippen LogP contribution in [0, 0.1) is 5.92 Å². The predicted octanol–water partition coefficient (Wildman–Crippen LogP) is 1.74. The molecule has 0 amide bonds. The molecule has 1 saturated carbocycles. The number of carbonyl (C=O) groups is 1. The lowest BCUT2D eigenvalue weighted by Crippen LogP contribution is -2.52. The first-order valence-corrected chi connectivity index (χ1v) is 5.08. The van der Waals surface area contributed by atoms with E-state index in [9.17, 15) is 18.7 Å². The smallest absolute Gasteiger partial charge is 0.380 e. The van der Waals surface area contributed by atoms with Gasteiger partial charge in [-0.3, -0.25) is 0 Å². The van der Waals surface area contributed by atoms with E-state index in [0.717, 1.165) is 19.8 Å². The van der Waals surface area contributed by atoms with Gasteiger partial charge in [0.2, 0.25) is 0 Å². The molecule has 1 atom stereocenters. The zero-order valence-corrected chi connectivity index (χ0v) is 8.93. The molecule has 15 heavy (non-hydrogen) atoms. The van der Waals surface area contributed by atoms with Crippen LogP contribution in [0.4, 0.5) is 8.78 Å². The number of rotatable bonds is 5. The van der Waals surface area contributed by atoms with Crippen molar-refractivity contribution in [2.45, 2.75) is 44.6 Å². The van der Waals surface area contributed by atoms with E-state index >= 15 is 0 Å². The van der Waals surface area contributed by atoms with E-state index in [2.05, 4.69) is 4.74 Å². The Labute approximate surface area is 87.4 Å². The highest BCUT2D eigenvalue weighted by Gasteiger charge is 2.58. The van der Waals surface area contributed by atoms with Crippen molar-refractivity contribution in [3.05, 3.63) is 0 Å². The van der Waals surface area contributed by atoms with Crippen LogP contribution in [0.2, 0.25) is 0 Å². The molecule has 0 spiro atoms. The minimum absolute atomic E-state index is 0.0567. The number of esters is 1. The Morgan fingerprint density at radius 2 is 2.07 bits per heavy atom. The normalized spacial score (nSPS) is 20.9. The molecule has 1 unspecified atom stereocenters. The van der Waals surface area contributed by atoms with E-state index in [1.54, 1.807) is 0 Å². The van der Waals surface area contributed by atoms with Crippen LogP contribution in [0.1, 0.15) is 33.1 Å². The van der Waals surface area contributed by atoms with Crippen LogP contribution in [0.25, 0.3) is 0 Å². The molecule has 0 aromatic carbocycles. The number of ether oxygens (including phenoxy) is 1. The van der Waals surface area contributed by atoms with Crippen molar-refractivity contribution in [1.29, 1.82) is 0 Å². The first-order chi connectivity index (χ1) is 6.81. The van der Waals surface area contributed by atoms with E-state index in [1.165, 1.54) is 6.92 Å². The number of alkyl halides is 2. The number of hydrogen-bond donors (Lipinski definition) is 1. The lowest BCUT2D eigenvalue weighted by Gasteiger charge is -2.30. The first-order valence-electron chi connectivity index (χ1n) is 5.08. The predicted molar refractivity (Wildman–Crippen MR) is 49.5 cm³/mol. The van der Waals surface area contributed by atoms with E-state index < -0.39 is 17.5 Å². The SMILES string of the molecule is CCOC(=O)C(F)(F)C(C)(O)CC1CC1. The molecule has 5 heteroatoms. The fraction of sp³-hybridized carbons (Fsp3) is 0.900. The van der Waals surface area contributed by atoms with Gasteiger partial charge in [0.05, 0.1) is 6.61 Å². The standard InChI is InChI=1S/C10H16F2O3/c1-3-15-8(13)10(11,12)9(2,14)6-7-4-5-7/h7,14H,3-6H2,1-2H3. The van der Waals surface area contributed by atoms with Crippen molar-refractivity contribution in [3.8, 4) is 0 Å². The third-order valence-corrected chi connectivity index (χ3v) is 2.59. The van der Waals surface area contributed by atoms with Crippen LogP contribution >= 0.6 is 0 Å². The van der Waals surface area contributed by atoms with Gasteiger partial charge in [0.25, 0.3) is 0 Å². The minimum Gasteiger partial charge on any atom is -0.461 e. The van der Waals surface area contributed by atoms with Crippen LogP contribution in [-0.2, 0) is 9.53 Å². The van der Waals surface area contributed by atoms with Crippen molar-refractivity contribution in [2.24, 2.45) is 5.92 Å². The summed E-state index contributed by atoms with van der Waals surface area (Å²) in [4.78, 5) is 11.0. The molecule has 1 N–H and O–H groups in total. The fourth-order valence-electron chi connectivity index (χ4n) is 1.45. The van der Waals surface area contributed by atoms with E-state index in [0.29, 0.717) is 0 Å². The molecule has 1 fully saturated rings. The van der Waals surface area contributed by atoms with E-state index in [-0.39, 0.29) is 18.9 Å². The van der Waals surface area contributed by atoms with Crippen molar-refractivity contribution >= 4 is 5.97 Å². The lowest BCUT2D eigenvalue weighted by molar-refractivity contribution is -0.211. The van der Waals surface area contributed by atoms with Gasteiger partial charge >= 0.3 is 11.9 Å². The summed E-state index contributed by atoms with van der Waals surface area (Å²) >= 11 is 0. The summed E-state index contributed by atoms with van der Waals surface area (Å²) in [5, 5.41) is 9.60. The first kappa shape index (κ1) is 12.4. The third-order valence-electron chi connectivity index (χ3n) is 2.59. The van der Waals surface area contributed by atoms with Gasteiger partial charge in [-0.2, -0.15) is 8.78 Å². The Hall–Kier alpha value is -0.710. The maximum atomic E-state index is 13.4. The zero-order valence-electron chi connectivity index (χ0n) is 8.93. The Kier molecular flexibility index (Phi) is 3.33. The Bertz CT molecular complexity index is 247. The Morgan fingerprint density at radius 1 is 1.53 bits per heavy atom. The molecule has 0 bridgehead atoms. The summed E-state index contributed by atoms with van der Waals surface area (Å²) in [6.07, 6.45) is 1.63. The van der Waals surface area contributed by atoms with Crippen molar-refractivity contribution in [2.75, 3.05) is 6.61 Å². The number of aliphatic hydroxyl groups is 1. The van der Waals surface area contributed by atoms with E-state index in [1.807, 2.05) is 0 Å². The zero-order chi connectivity index (χ0) is 11.7. The molecule has 0 heterocycles. The molecular formula is C10H16F2O3. The van der Waals surface area contributed by atoms with E-state index in [4.69, 9.17) is 0 Å². The maximum absolute atomic E-state index is 13.4. The van der Waals surface area contributed by atoms with Gasteiger partial charge in [-0.25, -0.2) is 4.79 Å². The highest BCUT2D eigenvalue weighted by atomic mass is 19.3. The van der Waals surface area contributed by atoms with Crippen LogP contribution in [-0.4, -0.2) is 29.2 Å². The second-order valence-corrected chi connectivity index (χ2v) is 4.22.